The fourth-order valence-corrected chi connectivity index (χ4v) is 0.894. The zero-order valence-corrected chi connectivity index (χ0v) is 8.30. The van der Waals surface area contributed by atoms with Crippen LogP contribution in [0.15, 0.2) is 48.1 Å². The number of rotatable bonds is 4. The molecule has 0 nitrogen and oxygen atoms in total. The van der Waals surface area contributed by atoms with E-state index in [-0.39, 0.29) is 0 Å². The second kappa shape index (κ2) is 6.66. The Morgan fingerprint density at radius 3 is 2.50 bits per heavy atom. The van der Waals surface area contributed by atoms with E-state index < -0.39 is 0 Å². The molecular formula is C12H18. The van der Waals surface area contributed by atoms with E-state index in [0.717, 1.165) is 6.42 Å². The van der Waals surface area contributed by atoms with E-state index in [2.05, 4.69) is 32.6 Å². The zero-order valence-electron chi connectivity index (χ0n) is 8.30. The van der Waals surface area contributed by atoms with Crippen molar-refractivity contribution in [2.75, 3.05) is 0 Å². The van der Waals surface area contributed by atoms with E-state index in [4.69, 9.17) is 0 Å². The van der Waals surface area contributed by atoms with Gasteiger partial charge in [-0.1, -0.05) is 49.5 Å². The zero-order chi connectivity index (χ0) is 9.40. The molecule has 12 heavy (non-hydrogen) atoms. The van der Waals surface area contributed by atoms with Gasteiger partial charge >= 0.3 is 0 Å². The van der Waals surface area contributed by atoms with Crippen molar-refractivity contribution in [2.24, 2.45) is 0 Å². The lowest BCUT2D eigenvalue weighted by atomic mass is 10.1. The molecule has 0 aliphatic heterocycles. The van der Waals surface area contributed by atoms with Crippen molar-refractivity contribution in [1.82, 2.24) is 0 Å². The molecule has 0 heterocycles. The van der Waals surface area contributed by atoms with E-state index in [0.29, 0.717) is 0 Å². The highest BCUT2D eigenvalue weighted by molar-refractivity contribution is 5.29. The van der Waals surface area contributed by atoms with Crippen LogP contribution in [0.5, 0.6) is 0 Å². The minimum absolute atomic E-state index is 1.05. The summed E-state index contributed by atoms with van der Waals surface area (Å²) >= 11 is 0. The van der Waals surface area contributed by atoms with Crippen LogP contribution in [-0.2, 0) is 0 Å². The smallest absolute Gasteiger partial charge is 0.0308 e. The van der Waals surface area contributed by atoms with Gasteiger partial charge in [0, 0.05) is 0 Å². The molecular weight excluding hydrogens is 144 g/mol. The van der Waals surface area contributed by atoms with Gasteiger partial charge in [0.25, 0.3) is 0 Å². The molecule has 0 atom stereocenters. The maximum Gasteiger partial charge on any atom is -0.0308 e. The van der Waals surface area contributed by atoms with Crippen molar-refractivity contribution >= 4 is 0 Å². The topological polar surface area (TPSA) is 0 Å². The molecule has 0 N–H and O–H groups in total. The first kappa shape index (κ1) is 11.0. The van der Waals surface area contributed by atoms with Crippen LogP contribution in [0.2, 0.25) is 0 Å². The minimum atomic E-state index is 1.05. The monoisotopic (exact) mass is 162 g/mol. The Bertz CT molecular complexity index is 214. The van der Waals surface area contributed by atoms with E-state index in [9.17, 15) is 0 Å². The molecule has 0 aliphatic rings. The summed E-state index contributed by atoms with van der Waals surface area (Å²) in [6.07, 6.45) is 11.3. The Morgan fingerprint density at radius 2 is 2.08 bits per heavy atom. The first-order valence-corrected chi connectivity index (χ1v) is 4.37. The van der Waals surface area contributed by atoms with Crippen LogP contribution >= 0.6 is 0 Å². The van der Waals surface area contributed by atoms with Gasteiger partial charge in [0.05, 0.1) is 0 Å². The van der Waals surface area contributed by atoms with Crippen LogP contribution in [0.3, 0.4) is 0 Å². The first-order valence-electron chi connectivity index (χ1n) is 4.37. The molecule has 0 aromatic rings. The van der Waals surface area contributed by atoms with Gasteiger partial charge in [-0.05, 0) is 25.8 Å². The van der Waals surface area contributed by atoms with Crippen LogP contribution in [0.1, 0.15) is 27.2 Å². The lowest BCUT2D eigenvalue weighted by Gasteiger charge is -1.95. The highest BCUT2D eigenvalue weighted by Crippen LogP contribution is 2.06. The summed E-state index contributed by atoms with van der Waals surface area (Å²) in [5, 5.41) is 0. The molecule has 0 saturated heterocycles. The van der Waals surface area contributed by atoms with Crippen molar-refractivity contribution in [3.63, 3.8) is 0 Å². The van der Waals surface area contributed by atoms with Gasteiger partial charge < -0.3 is 0 Å². The third kappa shape index (κ3) is 4.73. The lowest BCUT2D eigenvalue weighted by molar-refractivity contribution is 1.14. The molecule has 0 spiro atoms. The molecule has 0 aliphatic carbocycles. The van der Waals surface area contributed by atoms with Gasteiger partial charge in [-0.2, -0.15) is 0 Å². The molecule has 0 radical (unpaired) electrons. The summed E-state index contributed by atoms with van der Waals surface area (Å²) in [5.74, 6) is 0. The van der Waals surface area contributed by atoms with Gasteiger partial charge in [-0.3, -0.25) is 0 Å². The normalized spacial score (nSPS) is 13.9. The maximum atomic E-state index is 3.75. The van der Waals surface area contributed by atoms with Gasteiger partial charge in [-0.25, -0.2) is 0 Å². The van der Waals surface area contributed by atoms with Gasteiger partial charge in [0.1, 0.15) is 0 Å². The van der Waals surface area contributed by atoms with E-state index in [1.165, 1.54) is 11.1 Å². The highest BCUT2D eigenvalue weighted by Gasteiger charge is 1.86. The van der Waals surface area contributed by atoms with Crippen molar-refractivity contribution in [3.05, 3.63) is 48.1 Å². The summed E-state index contributed by atoms with van der Waals surface area (Å²) in [7, 11) is 0. The quantitative estimate of drug-likeness (QED) is 0.547. The molecule has 0 bridgehead atoms. The van der Waals surface area contributed by atoms with E-state index in [1.54, 1.807) is 0 Å². The second-order valence-corrected chi connectivity index (χ2v) is 2.71. The SMILES string of the molecule is C=C/C(=C/C(C)=C/C=C\C)CC. The Labute approximate surface area is 76.0 Å². The van der Waals surface area contributed by atoms with Crippen molar-refractivity contribution < 1.29 is 0 Å². The number of hydrogen-bond acceptors (Lipinski definition) is 0. The Hall–Kier alpha value is -1.04. The summed E-state index contributed by atoms with van der Waals surface area (Å²) in [4.78, 5) is 0. The second-order valence-electron chi connectivity index (χ2n) is 2.71. The van der Waals surface area contributed by atoms with Crippen LogP contribution in [0.25, 0.3) is 0 Å². The highest BCUT2D eigenvalue weighted by atomic mass is 13.9. The number of hydrogen-bond donors (Lipinski definition) is 0. The minimum Gasteiger partial charge on any atom is -0.0988 e. The standard InChI is InChI=1S/C12H18/c1-5-8-9-11(4)10-12(6-2)7-3/h5-6,8-10H,2,7H2,1,3-4H3/b8-5-,11-9+,12-10-. The molecule has 0 fully saturated rings. The fourth-order valence-electron chi connectivity index (χ4n) is 0.894. The molecule has 0 aromatic heterocycles. The third-order valence-electron chi connectivity index (χ3n) is 1.64. The first-order chi connectivity index (χ1) is 5.74. The van der Waals surface area contributed by atoms with E-state index >= 15 is 0 Å². The van der Waals surface area contributed by atoms with Crippen LogP contribution in [-0.4, -0.2) is 0 Å². The molecule has 0 heteroatoms. The predicted octanol–water partition coefficient (Wildman–Crippen LogP) is 4.03. The molecule has 0 saturated carbocycles. The maximum absolute atomic E-state index is 3.75. The lowest BCUT2D eigenvalue weighted by Crippen LogP contribution is -1.75. The van der Waals surface area contributed by atoms with Gasteiger partial charge in [0.2, 0.25) is 0 Å². The molecule has 0 rings (SSSR count). The Morgan fingerprint density at radius 1 is 1.42 bits per heavy atom. The summed E-state index contributed by atoms with van der Waals surface area (Å²) in [5.41, 5.74) is 2.55. The van der Waals surface area contributed by atoms with Crippen molar-refractivity contribution in [3.8, 4) is 0 Å². The largest absolute Gasteiger partial charge is 0.0988 e. The fraction of sp³-hybridized carbons (Fsp3) is 0.333. The predicted molar refractivity (Wildman–Crippen MR) is 57.1 cm³/mol. The summed E-state index contributed by atoms with van der Waals surface area (Å²) in [6, 6.07) is 0. The molecule has 0 unspecified atom stereocenters. The Kier molecular flexibility index (Phi) is 6.08. The summed E-state index contributed by atoms with van der Waals surface area (Å²) < 4.78 is 0. The Balaban J connectivity index is 4.38. The van der Waals surface area contributed by atoms with Crippen LogP contribution in [0.4, 0.5) is 0 Å². The van der Waals surface area contributed by atoms with Gasteiger partial charge in [0.15, 0.2) is 0 Å². The van der Waals surface area contributed by atoms with Crippen molar-refractivity contribution in [2.45, 2.75) is 27.2 Å². The average Bonchev–Trinajstić information content (AvgIpc) is 2.10. The van der Waals surface area contributed by atoms with Crippen LogP contribution < -0.4 is 0 Å². The van der Waals surface area contributed by atoms with Gasteiger partial charge in [-0.15, -0.1) is 0 Å². The molecule has 0 aromatic carbocycles. The summed E-state index contributed by atoms with van der Waals surface area (Å²) in [6.45, 7) is 10.00. The van der Waals surface area contributed by atoms with Crippen LogP contribution in [0, 0.1) is 0 Å². The van der Waals surface area contributed by atoms with Crippen molar-refractivity contribution in [1.29, 1.82) is 0 Å². The average molecular weight is 162 g/mol. The molecule has 0 amide bonds. The van der Waals surface area contributed by atoms with E-state index in [1.807, 2.05) is 25.2 Å². The third-order valence-corrected chi connectivity index (χ3v) is 1.64. The molecule has 66 valence electrons. The number of allylic oxidation sites excluding steroid dienone is 7.